The molecule has 0 radical (unpaired) electrons. The number of methoxy groups -OCH3 is 1. The van der Waals surface area contributed by atoms with Crippen molar-refractivity contribution in [2.45, 2.75) is 6.54 Å². The van der Waals surface area contributed by atoms with Gasteiger partial charge in [-0.15, -0.1) is 0 Å². The lowest BCUT2D eigenvalue weighted by atomic mass is 10.3. The Kier molecular flexibility index (Phi) is 3.87. The topological polar surface area (TPSA) is 71.5 Å². The fraction of sp³-hybridized carbons (Fsp3) is 0.333. The van der Waals surface area contributed by atoms with Crippen LogP contribution >= 0.6 is 0 Å². The van der Waals surface area contributed by atoms with Crippen LogP contribution in [0, 0.1) is 0 Å². The maximum absolute atomic E-state index is 10.2. The summed E-state index contributed by atoms with van der Waals surface area (Å²) in [5.41, 5.74) is 0.755. The van der Waals surface area contributed by atoms with Crippen molar-refractivity contribution in [3.8, 4) is 5.88 Å². The molecule has 2 N–H and O–H groups in total. The molecule has 0 aliphatic carbocycles. The highest BCUT2D eigenvalue weighted by Gasteiger charge is 1.99. The number of pyridine rings is 1. The Bertz CT molecular complexity index is 315. The molecule has 0 aliphatic heterocycles. The van der Waals surface area contributed by atoms with Crippen molar-refractivity contribution in [3.05, 3.63) is 23.9 Å². The standard InChI is InChI=1S/C9H12N2O3/c1-14-8-4-2-3-7(11-8)5-10-6-9(12)13/h2-4,10H,5-6H2,1H3,(H,12,13). The first-order valence-corrected chi connectivity index (χ1v) is 4.15. The maximum atomic E-state index is 10.2. The molecule has 1 aromatic heterocycles. The summed E-state index contributed by atoms with van der Waals surface area (Å²) in [6.07, 6.45) is 0. The number of rotatable bonds is 5. The predicted molar refractivity (Wildman–Crippen MR) is 50.1 cm³/mol. The first-order chi connectivity index (χ1) is 6.72. The van der Waals surface area contributed by atoms with E-state index in [2.05, 4.69) is 10.3 Å². The number of carboxylic acids is 1. The summed E-state index contributed by atoms with van der Waals surface area (Å²) < 4.78 is 4.93. The SMILES string of the molecule is COc1cccc(CNCC(=O)O)n1. The molecule has 0 saturated heterocycles. The Balaban J connectivity index is 2.46. The molecular formula is C9H12N2O3. The molecule has 0 spiro atoms. The lowest BCUT2D eigenvalue weighted by Gasteiger charge is -2.03. The highest BCUT2D eigenvalue weighted by atomic mass is 16.5. The summed E-state index contributed by atoms with van der Waals surface area (Å²) in [6, 6.07) is 5.35. The maximum Gasteiger partial charge on any atom is 0.317 e. The second-order valence-electron chi connectivity index (χ2n) is 2.67. The van der Waals surface area contributed by atoms with Crippen LogP contribution in [-0.4, -0.2) is 29.7 Å². The van der Waals surface area contributed by atoms with Crippen LogP contribution in [0.3, 0.4) is 0 Å². The Labute approximate surface area is 81.7 Å². The molecule has 5 nitrogen and oxygen atoms in total. The van der Waals surface area contributed by atoms with E-state index in [9.17, 15) is 4.79 Å². The third-order valence-corrected chi connectivity index (χ3v) is 1.57. The molecule has 0 unspecified atom stereocenters. The van der Waals surface area contributed by atoms with Crippen molar-refractivity contribution < 1.29 is 14.6 Å². The zero-order valence-corrected chi connectivity index (χ0v) is 7.86. The number of nitrogens with zero attached hydrogens (tertiary/aromatic N) is 1. The van der Waals surface area contributed by atoms with Gasteiger partial charge in [0.25, 0.3) is 0 Å². The molecule has 0 bridgehead atoms. The van der Waals surface area contributed by atoms with Crippen molar-refractivity contribution in [1.82, 2.24) is 10.3 Å². The summed E-state index contributed by atoms with van der Waals surface area (Å²) in [6.45, 7) is 0.350. The third kappa shape index (κ3) is 3.40. The molecular weight excluding hydrogens is 184 g/mol. The van der Waals surface area contributed by atoms with E-state index in [1.165, 1.54) is 7.11 Å². The zero-order chi connectivity index (χ0) is 10.4. The van der Waals surface area contributed by atoms with Gasteiger partial charge in [-0.2, -0.15) is 0 Å². The fourth-order valence-electron chi connectivity index (χ4n) is 0.967. The summed E-state index contributed by atoms with van der Waals surface area (Å²) in [7, 11) is 1.54. The Morgan fingerprint density at radius 3 is 3.07 bits per heavy atom. The van der Waals surface area contributed by atoms with E-state index in [0.717, 1.165) is 5.69 Å². The van der Waals surface area contributed by atoms with Crippen LogP contribution in [0.4, 0.5) is 0 Å². The second kappa shape index (κ2) is 5.18. The second-order valence-corrected chi connectivity index (χ2v) is 2.67. The van der Waals surface area contributed by atoms with Gasteiger partial charge in [-0.05, 0) is 6.07 Å². The average molecular weight is 196 g/mol. The summed E-state index contributed by atoms with van der Waals surface area (Å²) in [5.74, 6) is -0.354. The van der Waals surface area contributed by atoms with Gasteiger partial charge in [0.1, 0.15) is 0 Å². The summed E-state index contributed by atoms with van der Waals surface area (Å²) in [4.78, 5) is 14.3. The number of carboxylic acid groups (broad SMARTS) is 1. The molecule has 5 heteroatoms. The molecule has 1 rings (SSSR count). The van der Waals surface area contributed by atoms with E-state index < -0.39 is 5.97 Å². The predicted octanol–water partition coefficient (Wildman–Crippen LogP) is 0.264. The van der Waals surface area contributed by atoms with Crippen molar-refractivity contribution in [2.24, 2.45) is 0 Å². The number of ether oxygens (including phenoxy) is 1. The first kappa shape index (κ1) is 10.5. The van der Waals surface area contributed by atoms with Crippen LogP contribution in [0.5, 0.6) is 5.88 Å². The number of hydrogen-bond donors (Lipinski definition) is 2. The van der Waals surface area contributed by atoms with Crippen molar-refractivity contribution in [3.63, 3.8) is 0 Å². The minimum Gasteiger partial charge on any atom is -0.481 e. The molecule has 0 aliphatic rings. The van der Waals surface area contributed by atoms with E-state index in [0.29, 0.717) is 12.4 Å². The zero-order valence-electron chi connectivity index (χ0n) is 7.86. The highest BCUT2D eigenvalue weighted by molar-refractivity contribution is 5.68. The van der Waals surface area contributed by atoms with Crippen molar-refractivity contribution in [1.29, 1.82) is 0 Å². The van der Waals surface area contributed by atoms with Crippen molar-refractivity contribution in [2.75, 3.05) is 13.7 Å². The number of aromatic nitrogens is 1. The van der Waals surface area contributed by atoms with E-state index in [1.807, 2.05) is 6.07 Å². The number of aliphatic carboxylic acids is 1. The van der Waals surface area contributed by atoms with Gasteiger partial charge in [0, 0.05) is 12.6 Å². The van der Waals surface area contributed by atoms with Crippen LogP contribution in [-0.2, 0) is 11.3 Å². The molecule has 14 heavy (non-hydrogen) atoms. The van der Waals surface area contributed by atoms with Gasteiger partial charge in [-0.25, -0.2) is 4.98 Å². The summed E-state index contributed by atoms with van der Waals surface area (Å²) >= 11 is 0. The van der Waals surface area contributed by atoms with Crippen LogP contribution in [0.1, 0.15) is 5.69 Å². The van der Waals surface area contributed by atoms with Gasteiger partial charge < -0.3 is 15.2 Å². The van der Waals surface area contributed by atoms with E-state index in [4.69, 9.17) is 9.84 Å². The minimum absolute atomic E-state index is 0.0705. The number of hydrogen-bond acceptors (Lipinski definition) is 4. The largest absolute Gasteiger partial charge is 0.481 e. The van der Waals surface area contributed by atoms with Gasteiger partial charge in [-0.3, -0.25) is 4.79 Å². The van der Waals surface area contributed by atoms with Gasteiger partial charge >= 0.3 is 5.97 Å². The average Bonchev–Trinajstić information content (AvgIpc) is 2.18. The van der Waals surface area contributed by atoms with E-state index >= 15 is 0 Å². The molecule has 0 aromatic carbocycles. The van der Waals surface area contributed by atoms with Gasteiger partial charge in [-0.1, -0.05) is 6.07 Å². The summed E-state index contributed by atoms with van der Waals surface area (Å²) in [5, 5.41) is 11.1. The monoisotopic (exact) mass is 196 g/mol. The van der Waals surface area contributed by atoms with Gasteiger partial charge in [0.2, 0.25) is 5.88 Å². The van der Waals surface area contributed by atoms with Gasteiger partial charge in [0.15, 0.2) is 0 Å². The Morgan fingerprint density at radius 2 is 2.43 bits per heavy atom. The quantitative estimate of drug-likeness (QED) is 0.707. The lowest BCUT2D eigenvalue weighted by Crippen LogP contribution is -2.22. The minimum atomic E-state index is -0.882. The molecule has 0 amide bonds. The molecule has 0 saturated carbocycles. The molecule has 1 heterocycles. The number of carbonyl (C=O) groups is 1. The van der Waals surface area contributed by atoms with Crippen LogP contribution in [0.25, 0.3) is 0 Å². The fourth-order valence-corrected chi connectivity index (χ4v) is 0.967. The van der Waals surface area contributed by atoms with Crippen LogP contribution in [0.2, 0.25) is 0 Å². The highest BCUT2D eigenvalue weighted by Crippen LogP contribution is 2.05. The first-order valence-electron chi connectivity index (χ1n) is 4.15. The number of nitrogens with one attached hydrogen (secondary N) is 1. The smallest absolute Gasteiger partial charge is 0.317 e. The normalized spacial score (nSPS) is 9.79. The molecule has 0 fully saturated rings. The van der Waals surface area contributed by atoms with Gasteiger partial charge in [0.05, 0.1) is 19.3 Å². The van der Waals surface area contributed by atoms with Crippen molar-refractivity contribution >= 4 is 5.97 Å². The van der Waals surface area contributed by atoms with Crippen LogP contribution < -0.4 is 10.1 Å². The molecule has 76 valence electrons. The van der Waals surface area contributed by atoms with E-state index in [-0.39, 0.29) is 6.54 Å². The van der Waals surface area contributed by atoms with Crippen LogP contribution in [0.15, 0.2) is 18.2 Å². The molecule has 0 atom stereocenters. The van der Waals surface area contributed by atoms with E-state index in [1.54, 1.807) is 12.1 Å². The third-order valence-electron chi connectivity index (χ3n) is 1.57. The Hall–Kier alpha value is -1.62. The lowest BCUT2D eigenvalue weighted by molar-refractivity contribution is -0.135. The molecule has 1 aromatic rings. The Morgan fingerprint density at radius 1 is 1.64 bits per heavy atom.